The zero-order chi connectivity index (χ0) is 10.7. The maximum atomic E-state index is 11.2. The van der Waals surface area contributed by atoms with E-state index in [9.17, 15) is 13.0 Å². The van der Waals surface area contributed by atoms with Crippen LogP contribution in [0.1, 0.15) is 20.3 Å². The third-order valence-corrected chi connectivity index (χ3v) is 5.79. The summed E-state index contributed by atoms with van der Waals surface area (Å²) in [6.45, 7) is 4.90. The van der Waals surface area contributed by atoms with Gasteiger partial charge < -0.3 is 4.89 Å². The van der Waals surface area contributed by atoms with Gasteiger partial charge in [0.15, 0.2) is 9.84 Å². The maximum absolute atomic E-state index is 11.2. The van der Waals surface area contributed by atoms with Crippen LogP contribution in [-0.2, 0) is 14.4 Å². The van der Waals surface area contributed by atoms with Gasteiger partial charge in [-0.05, 0) is 12.3 Å². The minimum Gasteiger partial charge on any atom is -0.344 e. The monoisotopic (exact) mass is 228 g/mol. The van der Waals surface area contributed by atoms with Crippen LogP contribution < -0.4 is 0 Å². The van der Waals surface area contributed by atoms with E-state index in [1.807, 2.05) is 13.8 Å². The third kappa shape index (κ3) is 8.47. The van der Waals surface area contributed by atoms with Crippen LogP contribution in [-0.4, -0.2) is 31.2 Å². The first-order valence-electron chi connectivity index (χ1n) is 4.12. The van der Waals surface area contributed by atoms with E-state index in [1.54, 1.807) is 0 Å². The second kappa shape index (κ2) is 4.58. The van der Waals surface area contributed by atoms with Gasteiger partial charge in [0, 0.05) is 6.66 Å². The first-order valence-corrected chi connectivity index (χ1v) is 8.23. The van der Waals surface area contributed by atoms with Crippen LogP contribution in [0.2, 0.25) is 0 Å². The van der Waals surface area contributed by atoms with Gasteiger partial charge in [0.25, 0.3) is 0 Å². The van der Waals surface area contributed by atoms with Crippen molar-refractivity contribution in [2.75, 3.05) is 17.9 Å². The molecule has 0 fully saturated rings. The molecule has 4 nitrogen and oxygen atoms in total. The molecule has 0 aliphatic carbocycles. The lowest BCUT2D eigenvalue weighted by atomic mass is 10.2. The molecule has 0 aliphatic rings. The molecule has 80 valence electrons. The van der Waals surface area contributed by atoms with Crippen molar-refractivity contribution >= 4 is 17.2 Å². The molecular weight excluding hydrogens is 211 g/mol. The molecular formula is C7H17O4PS. The maximum Gasteiger partial charge on any atom is 0.212 e. The number of hydrogen-bond donors (Lipinski definition) is 1. The molecule has 0 aromatic heterocycles. The van der Waals surface area contributed by atoms with Crippen molar-refractivity contribution in [2.24, 2.45) is 5.92 Å². The van der Waals surface area contributed by atoms with Gasteiger partial charge in [0.1, 0.15) is 5.49 Å². The fourth-order valence-corrected chi connectivity index (χ4v) is 5.11. The fraction of sp³-hybridized carbons (Fsp3) is 1.00. The first kappa shape index (κ1) is 13.1. The Morgan fingerprint density at radius 1 is 1.38 bits per heavy atom. The second-order valence-electron chi connectivity index (χ2n) is 3.81. The second-order valence-corrected chi connectivity index (χ2v) is 8.84. The lowest BCUT2D eigenvalue weighted by molar-refractivity contribution is 0.488. The standard InChI is InChI=1S/C7H17O4PS/c1-7(2)4-5-13(10,11)6-12(3,8)9/h7H,4-6H2,1-3H3,(H,8,9). The topological polar surface area (TPSA) is 71.4 Å². The average Bonchev–Trinajstić information content (AvgIpc) is 1.78. The summed E-state index contributed by atoms with van der Waals surface area (Å²) in [6.07, 6.45) is 0.544. The zero-order valence-corrected chi connectivity index (χ0v) is 9.94. The summed E-state index contributed by atoms with van der Waals surface area (Å²) in [6, 6.07) is 0. The highest BCUT2D eigenvalue weighted by Crippen LogP contribution is 2.36. The largest absolute Gasteiger partial charge is 0.344 e. The van der Waals surface area contributed by atoms with Crippen molar-refractivity contribution in [1.82, 2.24) is 0 Å². The summed E-state index contributed by atoms with van der Waals surface area (Å²) in [5, 5.41) is 0. The number of hydrogen-bond acceptors (Lipinski definition) is 3. The van der Waals surface area contributed by atoms with Crippen molar-refractivity contribution < 1.29 is 17.9 Å². The molecule has 0 saturated carbocycles. The van der Waals surface area contributed by atoms with Crippen LogP contribution in [0.5, 0.6) is 0 Å². The molecule has 0 saturated heterocycles. The van der Waals surface area contributed by atoms with E-state index >= 15 is 0 Å². The van der Waals surface area contributed by atoms with E-state index in [0.29, 0.717) is 12.3 Å². The Bertz CT molecular complexity index is 288. The lowest BCUT2D eigenvalue weighted by Crippen LogP contribution is -2.12. The summed E-state index contributed by atoms with van der Waals surface area (Å²) in [5.74, 6) is 0.299. The van der Waals surface area contributed by atoms with Crippen LogP contribution in [0, 0.1) is 5.92 Å². The highest BCUT2D eigenvalue weighted by molar-refractivity contribution is 7.98. The Hall–Kier alpha value is 0.140. The van der Waals surface area contributed by atoms with Gasteiger partial charge >= 0.3 is 0 Å². The van der Waals surface area contributed by atoms with Gasteiger partial charge in [-0.15, -0.1) is 0 Å². The highest BCUT2D eigenvalue weighted by Gasteiger charge is 2.21. The molecule has 1 atom stereocenters. The molecule has 0 amide bonds. The van der Waals surface area contributed by atoms with Crippen LogP contribution in [0.25, 0.3) is 0 Å². The molecule has 1 unspecified atom stereocenters. The predicted molar refractivity (Wildman–Crippen MR) is 53.9 cm³/mol. The molecule has 0 aromatic carbocycles. The molecule has 0 spiro atoms. The Morgan fingerprint density at radius 3 is 2.15 bits per heavy atom. The van der Waals surface area contributed by atoms with Gasteiger partial charge in [-0.1, -0.05) is 13.8 Å². The van der Waals surface area contributed by atoms with Crippen LogP contribution in [0.15, 0.2) is 0 Å². The normalized spacial score (nSPS) is 17.3. The Morgan fingerprint density at radius 2 is 1.85 bits per heavy atom. The molecule has 0 aliphatic heterocycles. The van der Waals surface area contributed by atoms with Crippen molar-refractivity contribution in [3.63, 3.8) is 0 Å². The Labute approximate surface area is 79.7 Å². The van der Waals surface area contributed by atoms with E-state index in [-0.39, 0.29) is 5.75 Å². The van der Waals surface area contributed by atoms with Crippen molar-refractivity contribution in [3.05, 3.63) is 0 Å². The SMILES string of the molecule is CC(C)CCS(=O)(=O)CP(C)(=O)O. The molecule has 6 heteroatoms. The van der Waals surface area contributed by atoms with Gasteiger partial charge in [0.05, 0.1) is 5.75 Å². The minimum atomic E-state index is -3.44. The quantitative estimate of drug-likeness (QED) is 0.720. The van der Waals surface area contributed by atoms with Crippen LogP contribution >= 0.6 is 7.37 Å². The smallest absolute Gasteiger partial charge is 0.212 e. The predicted octanol–water partition coefficient (Wildman–Crippen LogP) is 1.30. The number of rotatable bonds is 5. The summed E-state index contributed by atoms with van der Waals surface area (Å²) >= 11 is 0. The number of sulfone groups is 1. The molecule has 0 aromatic rings. The minimum absolute atomic E-state index is 0.00303. The average molecular weight is 228 g/mol. The fourth-order valence-electron chi connectivity index (χ4n) is 0.845. The molecule has 0 radical (unpaired) electrons. The van der Waals surface area contributed by atoms with E-state index in [1.165, 1.54) is 0 Å². The van der Waals surface area contributed by atoms with Gasteiger partial charge in [0.2, 0.25) is 7.37 Å². The van der Waals surface area contributed by atoms with E-state index < -0.39 is 22.7 Å². The highest BCUT2D eigenvalue weighted by atomic mass is 32.2. The van der Waals surface area contributed by atoms with Crippen LogP contribution in [0.3, 0.4) is 0 Å². The summed E-state index contributed by atoms with van der Waals surface area (Å²) < 4.78 is 33.3. The lowest BCUT2D eigenvalue weighted by Gasteiger charge is -2.08. The molecule has 0 heterocycles. The van der Waals surface area contributed by atoms with Gasteiger partial charge in [-0.2, -0.15) is 0 Å². The van der Waals surface area contributed by atoms with E-state index in [4.69, 9.17) is 4.89 Å². The molecule has 1 N–H and O–H groups in total. The summed E-state index contributed by atoms with van der Waals surface area (Å²) in [5.41, 5.74) is -0.591. The Balaban J connectivity index is 4.19. The van der Waals surface area contributed by atoms with Gasteiger partial charge in [-0.25, -0.2) is 8.42 Å². The first-order chi connectivity index (χ1) is 5.62. The van der Waals surface area contributed by atoms with Crippen molar-refractivity contribution in [3.8, 4) is 0 Å². The van der Waals surface area contributed by atoms with Crippen LogP contribution in [0.4, 0.5) is 0 Å². The molecule has 0 bridgehead atoms. The molecule has 0 rings (SSSR count). The Kier molecular flexibility index (Phi) is 4.63. The zero-order valence-electron chi connectivity index (χ0n) is 8.23. The van der Waals surface area contributed by atoms with E-state index in [0.717, 1.165) is 6.66 Å². The van der Waals surface area contributed by atoms with Crippen molar-refractivity contribution in [1.29, 1.82) is 0 Å². The van der Waals surface area contributed by atoms with Crippen molar-refractivity contribution in [2.45, 2.75) is 20.3 Å². The van der Waals surface area contributed by atoms with E-state index in [2.05, 4.69) is 0 Å². The third-order valence-electron chi connectivity index (χ3n) is 1.44. The van der Waals surface area contributed by atoms with Gasteiger partial charge in [-0.3, -0.25) is 4.57 Å². The summed E-state index contributed by atoms with van der Waals surface area (Å²) in [7, 11) is -6.78. The molecule has 13 heavy (non-hydrogen) atoms. The summed E-state index contributed by atoms with van der Waals surface area (Å²) in [4.78, 5) is 8.89.